The lowest BCUT2D eigenvalue weighted by molar-refractivity contribution is -0.0440. The first kappa shape index (κ1) is 14.2. The topological polar surface area (TPSA) is 49.8 Å². The second-order valence-corrected chi connectivity index (χ2v) is 5.58. The summed E-state index contributed by atoms with van der Waals surface area (Å²) in [6.07, 6.45) is 1.81. The molecule has 4 nitrogen and oxygen atoms in total. The summed E-state index contributed by atoms with van der Waals surface area (Å²) in [7, 11) is 1.66. The standard InChI is InChI=1S/C14H18ClNO3/c1-14(19-2)6-3-7-16(9-14)13(18)11-8-10(15)4-5-12(11)17/h4-5,8,17H,3,6-7,9H2,1-2H3. The summed E-state index contributed by atoms with van der Waals surface area (Å²) in [6, 6.07) is 4.50. The lowest BCUT2D eigenvalue weighted by Gasteiger charge is -2.39. The zero-order valence-electron chi connectivity index (χ0n) is 11.1. The molecule has 1 amide bonds. The lowest BCUT2D eigenvalue weighted by Crippen LogP contribution is -2.49. The predicted molar refractivity (Wildman–Crippen MR) is 73.7 cm³/mol. The first-order valence-corrected chi connectivity index (χ1v) is 6.66. The molecule has 1 saturated heterocycles. The van der Waals surface area contributed by atoms with E-state index in [1.807, 2.05) is 6.92 Å². The molecule has 0 saturated carbocycles. The van der Waals surface area contributed by atoms with Crippen molar-refractivity contribution in [2.75, 3.05) is 20.2 Å². The van der Waals surface area contributed by atoms with Crippen LogP contribution in [0.4, 0.5) is 0 Å². The van der Waals surface area contributed by atoms with E-state index in [9.17, 15) is 9.90 Å². The van der Waals surface area contributed by atoms with Gasteiger partial charge in [0.25, 0.3) is 5.91 Å². The van der Waals surface area contributed by atoms with Gasteiger partial charge in [0.2, 0.25) is 0 Å². The fraction of sp³-hybridized carbons (Fsp3) is 0.500. The molecule has 19 heavy (non-hydrogen) atoms. The van der Waals surface area contributed by atoms with Crippen molar-refractivity contribution in [1.29, 1.82) is 0 Å². The zero-order valence-corrected chi connectivity index (χ0v) is 11.9. The van der Waals surface area contributed by atoms with Gasteiger partial charge in [-0.05, 0) is 38.0 Å². The van der Waals surface area contributed by atoms with Gasteiger partial charge in [0, 0.05) is 25.2 Å². The van der Waals surface area contributed by atoms with Crippen molar-refractivity contribution in [3.63, 3.8) is 0 Å². The largest absolute Gasteiger partial charge is 0.507 e. The number of carbonyl (C=O) groups is 1. The van der Waals surface area contributed by atoms with Crippen LogP contribution in [-0.4, -0.2) is 41.7 Å². The van der Waals surface area contributed by atoms with E-state index in [4.69, 9.17) is 16.3 Å². The summed E-state index contributed by atoms with van der Waals surface area (Å²) >= 11 is 5.88. The Balaban J connectivity index is 2.22. The number of piperidine rings is 1. The van der Waals surface area contributed by atoms with E-state index >= 15 is 0 Å². The summed E-state index contributed by atoms with van der Waals surface area (Å²) in [5.74, 6) is -0.248. The lowest BCUT2D eigenvalue weighted by atomic mass is 9.94. The molecule has 1 aliphatic heterocycles. The molecule has 0 aliphatic carbocycles. The van der Waals surface area contributed by atoms with E-state index in [-0.39, 0.29) is 22.8 Å². The number of nitrogens with zero attached hydrogens (tertiary/aromatic N) is 1. The molecule has 1 aromatic rings. The number of phenols is 1. The number of hydrogen-bond acceptors (Lipinski definition) is 3. The van der Waals surface area contributed by atoms with Crippen LogP contribution in [0.25, 0.3) is 0 Å². The van der Waals surface area contributed by atoms with Crippen molar-refractivity contribution in [3.8, 4) is 5.75 Å². The average Bonchev–Trinajstić information content (AvgIpc) is 2.41. The number of phenolic OH excluding ortho intramolecular Hbond substituents is 1. The molecule has 104 valence electrons. The summed E-state index contributed by atoms with van der Waals surface area (Å²) in [5, 5.41) is 10.2. The van der Waals surface area contributed by atoms with Crippen LogP contribution in [0.5, 0.6) is 5.75 Å². The fourth-order valence-electron chi connectivity index (χ4n) is 2.40. The fourth-order valence-corrected chi connectivity index (χ4v) is 2.57. The maximum absolute atomic E-state index is 12.4. The van der Waals surface area contributed by atoms with Gasteiger partial charge in [-0.2, -0.15) is 0 Å². The third-order valence-electron chi connectivity index (χ3n) is 3.63. The van der Waals surface area contributed by atoms with Crippen molar-refractivity contribution >= 4 is 17.5 Å². The zero-order chi connectivity index (χ0) is 14.0. The third kappa shape index (κ3) is 3.01. The third-order valence-corrected chi connectivity index (χ3v) is 3.86. The predicted octanol–water partition coefficient (Wildman–Crippen LogP) is 2.69. The molecule has 0 spiro atoms. The van der Waals surface area contributed by atoms with Crippen LogP contribution in [0.1, 0.15) is 30.1 Å². The number of halogens is 1. The minimum atomic E-state index is -0.317. The normalized spacial score (nSPS) is 23.4. The van der Waals surface area contributed by atoms with Gasteiger partial charge >= 0.3 is 0 Å². The van der Waals surface area contributed by atoms with Crippen LogP contribution < -0.4 is 0 Å². The SMILES string of the molecule is COC1(C)CCCN(C(=O)c2cc(Cl)ccc2O)C1. The van der Waals surface area contributed by atoms with Gasteiger partial charge in [0.1, 0.15) is 5.75 Å². The Morgan fingerprint density at radius 1 is 1.53 bits per heavy atom. The minimum absolute atomic E-state index is 0.0425. The maximum atomic E-state index is 12.4. The quantitative estimate of drug-likeness (QED) is 0.908. The number of rotatable bonds is 2. The van der Waals surface area contributed by atoms with Crippen molar-refractivity contribution in [2.45, 2.75) is 25.4 Å². The molecule has 5 heteroatoms. The molecule has 1 N–H and O–H groups in total. The van der Waals surface area contributed by atoms with Gasteiger partial charge in [-0.3, -0.25) is 4.79 Å². The van der Waals surface area contributed by atoms with Crippen molar-refractivity contribution in [1.82, 2.24) is 4.90 Å². The highest BCUT2D eigenvalue weighted by Crippen LogP contribution is 2.28. The number of aromatic hydroxyl groups is 1. The van der Waals surface area contributed by atoms with Crippen molar-refractivity contribution < 1.29 is 14.6 Å². The molecular weight excluding hydrogens is 266 g/mol. The number of carbonyl (C=O) groups excluding carboxylic acids is 1. The number of ether oxygens (including phenoxy) is 1. The highest BCUT2D eigenvalue weighted by molar-refractivity contribution is 6.31. The van der Waals surface area contributed by atoms with Gasteiger partial charge in [0.05, 0.1) is 11.2 Å². The molecule has 2 rings (SSSR count). The number of benzene rings is 1. The van der Waals surface area contributed by atoms with Gasteiger partial charge in [-0.25, -0.2) is 0 Å². The van der Waals surface area contributed by atoms with Crippen LogP contribution in [0.15, 0.2) is 18.2 Å². The number of hydrogen-bond donors (Lipinski definition) is 1. The van der Waals surface area contributed by atoms with E-state index in [1.54, 1.807) is 18.1 Å². The summed E-state index contributed by atoms with van der Waals surface area (Å²) in [4.78, 5) is 14.1. The Hall–Kier alpha value is -1.26. The second kappa shape index (κ2) is 5.39. The van der Waals surface area contributed by atoms with E-state index in [2.05, 4.69) is 0 Å². The Labute approximate surface area is 117 Å². The first-order valence-electron chi connectivity index (χ1n) is 6.28. The van der Waals surface area contributed by atoms with Gasteiger partial charge < -0.3 is 14.7 Å². The van der Waals surface area contributed by atoms with E-state index in [0.717, 1.165) is 12.8 Å². The van der Waals surface area contributed by atoms with Crippen LogP contribution in [-0.2, 0) is 4.74 Å². The van der Waals surface area contributed by atoms with E-state index in [0.29, 0.717) is 18.1 Å². The van der Waals surface area contributed by atoms with Crippen molar-refractivity contribution in [3.05, 3.63) is 28.8 Å². The average molecular weight is 284 g/mol. The second-order valence-electron chi connectivity index (χ2n) is 5.15. The summed E-state index contributed by atoms with van der Waals surface area (Å²) in [6.45, 7) is 3.18. The highest BCUT2D eigenvalue weighted by atomic mass is 35.5. The molecule has 1 fully saturated rings. The molecule has 1 atom stereocenters. The minimum Gasteiger partial charge on any atom is -0.507 e. The molecule has 0 radical (unpaired) electrons. The Morgan fingerprint density at radius 2 is 2.26 bits per heavy atom. The Kier molecular flexibility index (Phi) is 4.02. The van der Waals surface area contributed by atoms with E-state index < -0.39 is 0 Å². The maximum Gasteiger partial charge on any atom is 0.257 e. The highest BCUT2D eigenvalue weighted by Gasteiger charge is 2.33. The number of amides is 1. The number of likely N-dealkylation sites (tertiary alicyclic amines) is 1. The molecule has 0 bridgehead atoms. The van der Waals surface area contributed by atoms with Crippen LogP contribution in [0.3, 0.4) is 0 Å². The molecule has 1 unspecified atom stereocenters. The monoisotopic (exact) mass is 283 g/mol. The van der Waals surface area contributed by atoms with Gasteiger partial charge in [-0.1, -0.05) is 11.6 Å². The van der Waals surface area contributed by atoms with E-state index in [1.165, 1.54) is 12.1 Å². The smallest absolute Gasteiger partial charge is 0.257 e. The molecule has 1 aliphatic rings. The molecular formula is C14H18ClNO3. The summed E-state index contributed by atoms with van der Waals surface area (Å²) < 4.78 is 5.47. The van der Waals surface area contributed by atoms with Crippen LogP contribution in [0.2, 0.25) is 5.02 Å². The Morgan fingerprint density at radius 3 is 2.95 bits per heavy atom. The molecule has 0 aromatic heterocycles. The Bertz CT molecular complexity index is 492. The van der Waals surface area contributed by atoms with Gasteiger partial charge in [-0.15, -0.1) is 0 Å². The van der Waals surface area contributed by atoms with Crippen LogP contribution in [0, 0.1) is 0 Å². The van der Waals surface area contributed by atoms with Crippen LogP contribution >= 0.6 is 11.6 Å². The first-order chi connectivity index (χ1) is 8.95. The summed E-state index contributed by atoms with van der Waals surface area (Å²) in [5.41, 5.74) is -0.0740. The molecule has 1 heterocycles. The van der Waals surface area contributed by atoms with Crippen molar-refractivity contribution in [2.24, 2.45) is 0 Å². The number of methoxy groups -OCH3 is 1. The van der Waals surface area contributed by atoms with Gasteiger partial charge in [0.15, 0.2) is 0 Å². The molecule has 1 aromatic carbocycles.